The van der Waals surface area contributed by atoms with E-state index in [0.717, 1.165) is 35.7 Å². The first-order chi connectivity index (χ1) is 13.7. The second-order valence-corrected chi connectivity index (χ2v) is 6.82. The van der Waals surface area contributed by atoms with Gasteiger partial charge in [0.2, 0.25) is 0 Å². The summed E-state index contributed by atoms with van der Waals surface area (Å²) in [5.41, 5.74) is 2.78. The van der Waals surface area contributed by atoms with Gasteiger partial charge in [-0.3, -0.25) is 0 Å². The van der Waals surface area contributed by atoms with Gasteiger partial charge in [0, 0.05) is 30.4 Å². The van der Waals surface area contributed by atoms with Crippen LogP contribution < -0.4 is 10.6 Å². The Morgan fingerprint density at radius 2 is 2.14 bits per heavy atom. The normalized spacial score (nSPS) is 13.4. The zero-order valence-electron chi connectivity index (χ0n) is 15.2. The van der Waals surface area contributed by atoms with E-state index < -0.39 is 0 Å². The highest BCUT2D eigenvalue weighted by Gasteiger charge is 2.23. The van der Waals surface area contributed by atoms with E-state index in [4.69, 9.17) is 0 Å². The average molecular weight is 371 g/mol. The van der Waals surface area contributed by atoms with E-state index >= 15 is 0 Å². The first-order valence-electron chi connectivity index (χ1n) is 8.98. The molecule has 3 heterocycles. The second-order valence-electron chi connectivity index (χ2n) is 6.82. The number of anilines is 3. The molecule has 0 unspecified atom stereocenters. The Labute approximate surface area is 160 Å². The van der Waals surface area contributed by atoms with Gasteiger partial charge in [0.25, 0.3) is 0 Å². The summed E-state index contributed by atoms with van der Waals surface area (Å²) in [6.45, 7) is 0. The number of rotatable bonds is 5. The summed E-state index contributed by atoms with van der Waals surface area (Å²) in [5.74, 6) is 2.24. The molecule has 0 atom stereocenters. The number of hydrogen-bond donors (Lipinski definition) is 2. The van der Waals surface area contributed by atoms with Gasteiger partial charge in [0.15, 0.2) is 11.5 Å². The summed E-state index contributed by atoms with van der Waals surface area (Å²) in [4.78, 5) is 4.59. The zero-order chi connectivity index (χ0) is 19.1. The van der Waals surface area contributed by atoms with Gasteiger partial charge in [0.05, 0.1) is 6.20 Å². The van der Waals surface area contributed by atoms with Crippen LogP contribution >= 0.6 is 0 Å². The molecule has 0 bridgehead atoms. The number of nitriles is 1. The van der Waals surface area contributed by atoms with E-state index in [1.54, 1.807) is 17.0 Å². The molecular weight excluding hydrogens is 354 g/mol. The fourth-order valence-corrected chi connectivity index (χ4v) is 3.07. The minimum absolute atomic E-state index is 0.440. The highest BCUT2D eigenvalue weighted by Crippen LogP contribution is 2.28. The molecular formula is C19H17N9. The van der Waals surface area contributed by atoms with Crippen molar-refractivity contribution in [2.75, 3.05) is 10.6 Å². The van der Waals surface area contributed by atoms with E-state index in [1.165, 1.54) is 0 Å². The van der Waals surface area contributed by atoms with Gasteiger partial charge in [-0.25, -0.2) is 4.98 Å². The zero-order valence-corrected chi connectivity index (χ0v) is 15.2. The largest absolute Gasteiger partial charge is 0.367 e. The van der Waals surface area contributed by atoms with Crippen molar-refractivity contribution in [2.24, 2.45) is 7.05 Å². The molecule has 0 saturated heterocycles. The Kier molecular flexibility index (Phi) is 3.69. The van der Waals surface area contributed by atoms with Crippen LogP contribution in [0.3, 0.4) is 0 Å². The SMILES string of the molecule is Cn1cnnc1-c1cccc(Nc2cc(NC3CC3)n3ncc(C#N)c3n2)c1. The topological polar surface area (TPSA) is 109 Å². The molecule has 0 aliphatic heterocycles. The molecule has 3 aromatic heterocycles. The van der Waals surface area contributed by atoms with E-state index in [9.17, 15) is 5.26 Å². The maximum Gasteiger partial charge on any atom is 0.177 e. The van der Waals surface area contributed by atoms with Gasteiger partial charge in [-0.1, -0.05) is 12.1 Å². The van der Waals surface area contributed by atoms with Crippen molar-refractivity contribution in [1.29, 1.82) is 5.26 Å². The van der Waals surface area contributed by atoms with Gasteiger partial charge >= 0.3 is 0 Å². The van der Waals surface area contributed by atoms with Gasteiger partial charge < -0.3 is 15.2 Å². The summed E-state index contributed by atoms with van der Waals surface area (Å²) < 4.78 is 3.55. The summed E-state index contributed by atoms with van der Waals surface area (Å²) in [6, 6.07) is 12.4. The van der Waals surface area contributed by atoms with Crippen LogP contribution in [-0.4, -0.2) is 35.4 Å². The van der Waals surface area contributed by atoms with Gasteiger partial charge in [-0.15, -0.1) is 10.2 Å². The lowest BCUT2D eigenvalue weighted by Gasteiger charge is -2.12. The number of benzene rings is 1. The molecule has 1 aliphatic rings. The van der Waals surface area contributed by atoms with Crippen LogP contribution in [0.15, 0.2) is 42.9 Å². The minimum atomic E-state index is 0.440. The predicted octanol–water partition coefficient (Wildman–Crippen LogP) is 2.71. The van der Waals surface area contributed by atoms with Crippen LogP contribution in [0.5, 0.6) is 0 Å². The third-order valence-electron chi connectivity index (χ3n) is 4.63. The number of nitrogens with zero attached hydrogens (tertiary/aromatic N) is 7. The van der Waals surface area contributed by atoms with Crippen molar-refractivity contribution in [2.45, 2.75) is 18.9 Å². The maximum atomic E-state index is 9.36. The molecule has 1 aliphatic carbocycles. The van der Waals surface area contributed by atoms with Crippen molar-refractivity contribution < 1.29 is 0 Å². The molecule has 0 spiro atoms. The molecule has 138 valence electrons. The van der Waals surface area contributed by atoms with Crippen LogP contribution in [0.2, 0.25) is 0 Å². The fourth-order valence-electron chi connectivity index (χ4n) is 3.07. The molecule has 1 fully saturated rings. The lowest BCUT2D eigenvalue weighted by atomic mass is 10.2. The van der Waals surface area contributed by atoms with Crippen LogP contribution in [0.4, 0.5) is 17.3 Å². The number of aromatic nitrogens is 6. The Bertz CT molecular complexity index is 1210. The molecule has 0 amide bonds. The molecule has 5 rings (SSSR count). The Hall–Kier alpha value is -3.93. The number of aryl methyl sites for hydroxylation is 1. The Morgan fingerprint density at radius 1 is 1.25 bits per heavy atom. The lowest BCUT2D eigenvalue weighted by Crippen LogP contribution is -2.09. The highest BCUT2D eigenvalue weighted by molar-refractivity contribution is 5.70. The molecule has 9 heteroatoms. The van der Waals surface area contributed by atoms with Crippen molar-refractivity contribution in [3.05, 3.63) is 48.4 Å². The third kappa shape index (κ3) is 2.91. The Balaban J connectivity index is 1.53. The smallest absolute Gasteiger partial charge is 0.177 e. The second kappa shape index (κ2) is 6.35. The quantitative estimate of drug-likeness (QED) is 0.555. The lowest BCUT2D eigenvalue weighted by molar-refractivity contribution is 0.920. The van der Waals surface area contributed by atoms with Crippen molar-refractivity contribution in [1.82, 2.24) is 29.4 Å². The summed E-state index contributed by atoms with van der Waals surface area (Å²) in [6.07, 6.45) is 5.49. The van der Waals surface area contributed by atoms with Crippen LogP contribution in [-0.2, 0) is 7.05 Å². The minimum Gasteiger partial charge on any atom is -0.367 e. The molecule has 2 N–H and O–H groups in total. The van der Waals surface area contributed by atoms with Crippen molar-refractivity contribution in [3.8, 4) is 17.5 Å². The first kappa shape index (κ1) is 16.3. The van der Waals surface area contributed by atoms with Crippen LogP contribution in [0.25, 0.3) is 17.0 Å². The summed E-state index contributed by atoms with van der Waals surface area (Å²) >= 11 is 0. The summed E-state index contributed by atoms with van der Waals surface area (Å²) in [5, 5.41) is 28.5. The van der Waals surface area contributed by atoms with E-state index in [0.29, 0.717) is 23.1 Å². The van der Waals surface area contributed by atoms with Gasteiger partial charge in [-0.05, 0) is 25.0 Å². The number of nitrogens with one attached hydrogen (secondary N) is 2. The third-order valence-corrected chi connectivity index (χ3v) is 4.63. The van der Waals surface area contributed by atoms with Crippen molar-refractivity contribution in [3.63, 3.8) is 0 Å². The van der Waals surface area contributed by atoms with Gasteiger partial charge in [-0.2, -0.15) is 14.9 Å². The van der Waals surface area contributed by atoms with E-state index in [-0.39, 0.29) is 0 Å². The first-order valence-corrected chi connectivity index (χ1v) is 8.98. The van der Waals surface area contributed by atoms with Gasteiger partial charge in [0.1, 0.15) is 29.6 Å². The van der Waals surface area contributed by atoms with Crippen LogP contribution in [0, 0.1) is 11.3 Å². The highest BCUT2D eigenvalue weighted by atomic mass is 15.3. The average Bonchev–Trinajstić information content (AvgIpc) is 3.24. The van der Waals surface area contributed by atoms with Crippen molar-refractivity contribution >= 4 is 23.0 Å². The monoisotopic (exact) mass is 371 g/mol. The number of hydrogen-bond acceptors (Lipinski definition) is 7. The standard InChI is InChI=1S/C19H17N9/c1-27-11-21-26-19(27)12-3-2-4-15(7-12)23-16-8-17(24-14-5-6-14)28-18(25-16)13(9-20)10-22-28/h2-4,7-8,10-11,14,24H,5-6H2,1H3,(H,23,25). The molecule has 1 saturated carbocycles. The van der Waals surface area contributed by atoms with Crippen LogP contribution in [0.1, 0.15) is 18.4 Å². The maximum absolute atomic E-state index is 9.36. The molecule has 9 nitrogen and oxygen atoms in total. The molecule has 4 aromatic rings. The summed E-state index contributed by atoms with van der Waals surface area (Å²) in [7, 11) is 1.91. The predicted molar refractivity (Wildman–Crippen MR) is 104 cm³/mol. The van der Waals surface area contributed by atoms with E-state index in [2.05, 4.69) is 37.0 Å². The van der Waals surface area contributed by atoms with E-state index in [1.807, 2.05) is 41.9 Å². The fraction of sp³-hybridized carbons (Fsp3) is 0.211. The Morgan fingerprint density at radius 3 is 2.89 bits per heavy atom. The number of fused-ring (bicyclic) bond motifs is 1. The molecule has 28 heavy (non-hydrogen) atoms. The molecule has 1 aromatic carbocycles. The molecule has 0 radical (unpaired) electrons.